The van der Waals surface area contributed by atoms with Gasteiger partial charge in [-0.1, -0.05) is 18.2 Å². The van der Waals surface area contributed by atoms with Crippen LogP contribution < -0.4 is 4.74 Å². The molecule has 72 valence electrons. The first-order valence-corrected chi connectivity index (χ1v) is 4.98. The lowest BCUT2D eigenvalue weighted by atomic mass is 9.98. The Morgan fingerprint density at radius 1 is 1.21 bits per heavy atom. The highest BCUT2D eigenvalue weighted by molar-refractivity contribution is 5.36. The van der Waals surface area contributed by atoms with Gasteiger partial charge in [-0.3, -0.25) is 0 Å². The fraction of sp³-hybridized carbons (Fsp3) is 0.333. The molecule has 0 N–H and O–H groups in total. The molecule has 1 spiro atoms. The molecule has 0 aliphatic carbocycles. The van der Waals surface area contributed by atoms with E-state index >= 15 is 0 Å². The molecule has 2 aliphatic heterocycles. The van der Waals surface area contributed by atoms with Crippen LogP contribution in [0.4, 0.5) is 0 Å². The van der Waals surface area contributed by atoms with Gasteiger partial charge in [0.25, 0.3) is 5.79 Å². The van der Waals surface area contributed by atoms with E-state index in [9.17, 15) is 0 Å². The topological polar surface area (TPSA) is 18.5 Å². The lowest BCUT2D eigenvalue weighted by molar-refractivity contribution is -0.140. The Hall–Kier alpha value is -1.44. The summed E-state index contributed by atoms with van der Waals surface area (Å²) < 4.78 is 11.4. The molecule has 0 saturated heterocycles. The van der Waals surface area contributed by atoms with Crippen molar-refractivity contribution in [1.82, 2.24) is 0 Å². The summed E-state index contributed by atoms with van der Waals surface area (Å²) in [5, 5.41) is 0. The molecule has 14 heavy (non-hydrogen) atoms. The quantitative estimate of drug-likeness (QED) is 0.623. The molecule has 0 unspecified atom stereocenters. The molecule has 2 heterocycles. The maximum absolute atomic E-state index is 5.90. The molecule has 1 aromatic rings. The molecule has 3 rings (SSSR count). The van der Waals surface area contributed by atoms with Crippen molar-refractivity contribution in [3.8, 4) is 5.75 Å². The second-order valence-electron chi connectivity index (χ2n) is 3.81. The minimum absolute atomic E-state index is 0.394. The summed E-state index contributed by atoms with van der Waals surface area (Å²) in [7, 11) is 0. The second-order valence-corrected chi connectivity index (χ2v) is 3.81. The number of aryl methyl sites for hydroxylation is 1. The van der Waals surface area contributed by atoms with Crippen LogP contribution in [0.2, 0.25) is 0 Å². The first kappa shape index (κ1) is 7.92. The zero-order valence-electron chi connectivity index (χ0n) is 7.90. The van der Waals surface area contributed by atoms with Gasteiger partial charge in [0.15, 0.2) is 0 Å². The molecule has 1 aromatic carbocycles. The van der Waals surface area contributed by atoms with Gasteiger partial charge in [-0.25, -0.2) is 0 Å². The summed E-state index contributed by atoms with van der Waals surface area (Å²) >= 11 is 0. The maximum Gasteiger partial charge on any atom is 0.254 e. The molecule has 2 aliphatic rings. The van der Waals surface area contributed by atoms with Crippen LogP contribution in [-0.2, 0) is 11.2 Å². The van der Waals surface area contributed by atoms with Crippen LogP contribution >= 0.6 is 0 Å². The molecule has 2 heteroatoms. The predicted octanol–water partition coefficient (Wildman–Crippen LogP) is 2.64. The Balaban J connectivity index is 1.93. The molecular formula is C12H12O2. The van der Waals surface area contributed by atoms with Crippen molar-refractivity contribution in [2.45, 2.75) is 25.0 Å². The van der Waals surface area contributed by atoms with E-state index in [0.717, 1.165) is 25.0 Å². The summed E-state index contributed by atoms with van der Waals surface area (Å²) in [6.07, 6.45) is 6.61. The van der Waals surface area contributed by atoms with Gasteiger partial charge >= 0.3 is 0 Å². The van der Waals surface area contributed by atoms with Crippen molar-refractivity contribution in [3.05, 3.63) is 42.2 Å². The zero-order chi connectivity index (χ0) is 9.43. The van der Waals surface area contributed by atoms with Gasteiger partial charge < -0.3 is 9.47 Å². The second kappa shape index (κ2) is 2.77. The molecule has 0 saturated carbocycles. The van der Waals surface area contributed by atoms with Crippen LogP contribution in [0.3, 0.4) is 0 Å². The first-order valence-electron chi connectivity index (χ1n) is 4.98. The smallest absolute Gasteiger partial charge is 0.254 e. The van der Waals surface area contributed by atoms with Gasteiger partial charge in [0, 0.05) is 12.8 Å². The molecule has 2 nitrogen and oxygen atoms in total. The lowest BCUT2D eigenvalue weighted by Gasteiger charge is -2.34. The zero-order valence-corrected chi connectivity index (χ0v) is 7.90. The van der Waals surface area contributed by atoms with Gasteiger partial charge in [-0.15, -0.1) is 0 Å². The van der Waals surface area contributed by atoms with Crippen molar-refractivity contribution in [2.75, 3.05) is 0 Å². The summed E-state index contributed by atoms with van der Waals surface area (Å²) in [5.74, 6) is 0.580. The third kappa shape index (κ3) is 1.10. The SMILES string of the molecule is C1=CO[C@@]2(C1)CCc1ccccc1O2. The van der Waals surface area contributed by atoms with E-state index in [1.807, 2.05) is 24.3 Å². The highest BCUT2D eigenvalue weighted by Crippen LogP contribution is 2.38. The van der Waals surface area contributed by atoms with E-state index < -0.39 is 5.79 Å². The Kier molecular flexibility index (Phi) is 1.57. The highest BCUT2D eigenvalue weighted by atomic mass is 16.7. The monoisotopic (exact) mass is 188 g/mol. The number of hydrogen-bond donors (Lipinski definition) is 0. The largest absolute Gasteiger partial charge is 0.460 e. The Morgan fingerprint density at radius 2 is 2.14 bits per heavy atom. The van der Waals surface area contributed by atoms with E-state index in [1.54, 1.807) is 6.26 Å². The molecule has 0 bridgehead atoms. The van der Waals surface area contributed by atoms with Gasteiger partial charge in [-0.05, 0) is 24.1 Å². The number of rotatable bonds is 0. The third-order valence-corrected chi connectivity index (χ3v) is 2.85. The van der Waals surface area contributed by atoms with E-state index in [-0.39, 0.29) is 0 Å². The van der Waals surface area contributed by atoms with Gasteiger partial charge in [0.2, 0.25) is 0 Å². The van der Waals surface area contributed by atoms with Crippen molar-refractivity contribution in [1.29, 1.82) is 0 Å². The molecular weight excluding hydrogens is 176 g/mol. The molecule has 0 fully saturated rings. The minimum atomic E-state index is -0.394. The summed E-state index contributed by atoms with van der Waals surface area (Å²) in [6.45, 7) is 0. The maximum atomic E-state index is 5.90. The Bertz CT molecular complexity index is 374. The van der Waals surface area contributed by atoms with Crippen molar-refractivity contribution < 1.29 is 9.47 Å². The van der Waals surface area contributed by atoms with Crippen LogP contribution in [0.15, 0.2) is 36.6 Å². The standard InChI is InChI=1S/C12H12O2/c1-2-5-11-10(4-1)6-8-12(14-11)7-3-9-13-12/h1-5,9H,6-8H2/t12-/m1/s1. The molecule has 0 radical (unpaired) electrons. The predicted molar refractivity (Wildman–Crippen MR) is 53.0 cm³/mol. The van der Waals surface area contributed by atoms with Crippen LogP contribution in [0.5, 0.6) is 5.75 Å². The van der Waals surface area contributed by atoms with Crippen molar-refractivity contribution in [3.63, 3.8) is 0 Å². The van der Waals surface area contributed by atoms with Gasteiger partial charge in [-0.2, -0.15) is 0 Å². The molecule has 0 aromatic heterocycles. The molecule has 1 atom stereocenters. The first-order chi connectivity index (χ1) is 6.88. The summed E-state index contributed by atoms with van der Waals surface area (Å²) in [4.78, 5) is 0. The Morgan fingerprint density at radius 3 is 3.00 bits per heavy atom. The number of para-hydroxylation sites is 1. The van der Waals surface area contributed by atoms with Crippen LogP contribution in [0.25, 0.3) is 0 Å². The summed E-state index contributed by atoms with van der Waals surface area (Å²) in [5.41, 5.74) is 1.29. The van der Waals surface area contributed by atoms with Crippen LogP contribution in [0, 0.1) is 0 Å². The third-order valence-electron chi connectivity index (χ3n) is 2.85. The van der Waals surface area contributed by atoms with Crippen molar-refractivity contribution in [2.24, 2.45) is 0 Å². The Labute approximate surface area is 83.1 Å². The van der Waals surface area contributed by atoms with E-state index in [2.05, 4.69) is 6.07 Å². The average molecular weight is 188 g/mol. The summed E-state index contributed by atoms with van der Waals surface area (Å²) in [6, 6.07) is 8.18. The fourth-order valence-electron chi connectivity index (χ4n) is 2.06. The normalized spacial score (nSPS) is 28.3. The fourth-order valence-corrected chi connectivity index (χ4v) is 2.06. The van der Waals surface area contributed by atoms with Crippen molar-refractivity contribution >= 4 is 0 Å². The van der Waals surface area contributed by atoms with Gasteiger partial charge in [0.05, 0.1) is 6.26 Å². The van der Waals surface area contributed by atoms with Crippen LogP contribution in [-0.4, -0.2) is 5.79 Å². The van der Waals surface area contributed by atoms with E-state index in [0.29, 0.717) is 0 Å². The lowest BCUT2D eigenvalue weighted by Crippen LogP contribution is -2.38. The number of hydrogen-bond acceptors (Lipinski definition) is 2. The average Bonchev–Trinajstić information content (AvgIpc) is 2.66. The number of fused-ring (bicyclic) bond motifs is 1. The van der Waals surface area contributed by atoms with E-state index in [4.69, 9.17) is 9.47 Å². The minimum Gasteiger partial charge on any atom is -0.460 e. The number of benzene rings is 1. The molecule has 0 amide bonds. The number of ether oxygens (including phenoxy) is 2. The van der Waals surface area contributed by atoms with E-state index in [1.165, 1.54) is 5.56 Å². The van der Waals surface area contributed by atoms with Gasteiger partial charge in [0.1, 0.15) is 5.75 Å². The highest BCUT2D eigenvalue weighted by Gasteiger charge is 2.38. The van der Waals surface area contributed by atoms with Crippen LogP contribution in [0.1, 0.15) is 18.4 Å².